The molecule has 0 aliphatic rings. The van der Waals surface area contributed by atoms with Crippen LogP contribution in [0.25, 0.3) is 21.9 Å². The van der Waals surface area contributed by atoms with E-state index in [0.29, 0.717) is 5.75 Å². The Bertz CT molecular complexity index is 1070. The van der Waals surface area contributed by atoms with Gasteiger partial charge in [-0.3, -0.25) is 4.79 Å². The highest BCUT2D eigenvalue weighted by molar-refractivity contribution is 5.96. The SMILES string of the molecule is O=C(COc1cccc2ccccc12)Nc1ccccc1-c1ccccc1. The summed E-state index contributed by atoms with van der Waals surface area (Å²) >= 11 is 0. The van der Waals surface area contributed by atoms with Gasteiger partial charge in [0.15, 0.2) is 6.61 Å². The van der Waals surface area contributed by atoms with E-state index in [0.717, 1.165) is 27.6 Å². The van der Waals surface area contributed by atoms with Gasteiger partial charge in [0, 0.05) is 16.6 Å². The second-order valence-corrected chi connectivity index (χ2v) is 6.23. The number of hydrogen-bond donors (Lipinski definition) is 1. The van der Waals surface area contributed by atoms with Crippen LogP contribution in [0.1, 0.15) is 0 Å². The van der Waals surface area contributed by atoms with Crippen LogP contribution in [0.4, 0.5) is 5.69 Å². The Morgan fingerprint density at radius 3 is 2.33 bits per heavy atom. The van der Waals surface area contributed by atoms with E-state index in [-0.39, 0.29) is 12.5 Å². The van der Waals surface area contributed by atoms with Crippen LogP contribution in [0.2, 0.25) is 0 Å². The summed E-state index contributed by atoms with van der Waals surface area (Å²) in [5, 5.41) is 5.05. The van der Waals surface area contributed by atoms with Gasteiger partial charge in [0.2, 0.25) is 0 Å². The van der Waals surface area contributed by atoms with Gasteiger partial charge in [-0.05, 0) is 23.1 Å². The van der Waals surface area contributed by atoms with Crippen molar-refractivity contribution in [3.63, 3.8) is 0 Å². The van der Waals surface area contributed by atoms with Crippen LogP contribution in [-0.2, 0) is 4.79 Å². The number of para-hydroxylation sites is 1. The highest BCUT2D eigenvalue weighted by Crippen LogP contribution is 2.28. The summed E-state index contributed by atoms with van der Waals surface area (Å²) in [4.78, 5) is 12.5. The maximum atomic E-state index is 12.5. The minimum Gasteiger partial charge on any atom is -0.483 e. The average molecular weight is 353 g/mol. The molecule has 0 unspecified atom stereocenters. The lowest BCUT2D eigenvalue weighted by Gasteiger charge is -2.13. The summed E-state index contributed by atoms with van der Waals surface area (Å²) in [6, 6.07) is 31.6. The van der Waals surface area contributed by atoms with Gasteiger partial charge in [-0.1, -0.05) is 84.9 Å². The van der Waals surface area contributed by atoms with Gasteiger partial charge in [0.1, 0.15) is 5.75 Å². The molecule has 1 amide bonds. The summed E-state index contributed by atoms with van der Waals surface area (Å²) in [6.07, 6.45) is 0. The molecule has 0 heterocycles. The second-order valence-electron chi connectivity index (χ2n) is 6.23. The number of carbonyl (C=O) groups is 1. The smallest absolute Gasteiger partial charge is 0.262 e. The molecule has 0 spiro atoms. The molecule has 0 radical (unpaired) electrons. The Balaban J connectivity index is 1.49. The Kier molecular flexibility index (Phi) is 4.84. The molecule has 0 saturated carbocycles. The summed E-state index contributed by atoms with van der Waals surface area (Å²) in [5.74, 6) is 0.519. The topological polar surface area (TPSA) is 38.3 Å². The van der Waals surface area contributed by atoms with Crippen LogP contribution >= 0.6 is 0 Å². The molecule has 3 nitrogen and oxygen atoms in total. The molecule has 3 heteroatoms. The van der Waals surface area contributed by atoms with Crippen LogP contribution in [0.5, 0.6) is 5.75 Å². The van der Waals surface area contributed by atoms with Crippen molar-refractivity contribution in [3.05, 3.63) is 97.1 Å². The molecule has 0 atom stereocenters. The third-order valence-corrected chi connectivity index (χ3v) is 4.39. The number of benzene rings is 4. The minimum absolute atomic E-state index is 0.0445. The van der Waals surface area contributed by atoms with E-state index < -0.39 is 0 Å². The first-order valence-corrected chi connectivity index (χ1v) is 8.86. The van der Waals surface area contributed by atoms with Crippen molar-refractivity contribution in [1.82, 2.24) is 0 Å². The average Bonchev–Trinajstić information content (AvgIpc) is 2.73. The lowest BCUT2D eigenvalue weighted by atomic mass is 10.0. The molecule has 0 aliphatic carbocycles. The molecular formula is C24H19NO2. The normalized spacial score (nSPS) is 10.5. The molecule has 4 aromatic rings. The summed E-state index contributed by atoms with van der Waals surface area (Å²) < 4.78 is 5.79. The fourth-order valence-electron chi connectivity index (χ4n) is 3.11. The summed E-state index contributed by atoms with van der Waals surface area (Å²) in [6.45, 7) is -0.0445. The van der Waals surface area contributed by atoms with Gasteiger partial charge in [-0.25, -0.2) is 0 Å². The van der Waals surface area contributed by atoms with Gasteiger partial charge in [0.25, 0.3) is 5.91 Å². The number of rotatable bonds is 5. The maximum absolute atomic E-state index is 12.5. The van der Waals surface area contributed by atoms with E-state index in [9.17, 15) is 4.79 Å². The predicted octanol–water partition coefficient (Wildman–Crippen LogP) is 5.52. The van der Waals surface area contributed by atoms with Crippen molar-refractivity contribution in [2.24, 2.45) is 0 Å². The van der Waals surface area contributed by atoms with Crippen molar-refractivity contribution < 1.29 is 9.53 Å². The van der Waals surface area contributed by atoms with E-state index in [1.165, 1.54) is 0 Å². The second kappa shape index (κ2) is 7.75. The molecule has 1 N–H and O–H groups in total. The van der Waals surface area contributed by atoms with Crippen molar-refractivity contribution in [1.29, 1.82) is 0 Å². The van der Waals surface area contributed by atoms with Crippen molar-refractivity contribution >= 4 is 22.4 Å². The van der Waals surface area contributed by atoms with Gasteiger partial charge < -0.3 is 10.1 Å². The number of carbonyl (C=O) groups excluding carboxylic acids is 1. The van der Waals surface area contributed by atoms with Crippen LogP contribution in [-0.4, -0.2) is 12.5 Å². The molecule has 0 saturated heterocycles. The number of fused-ring (bicyclic) bond motifs is 1. The van der Waals surface area contributed by atoms with Crippen LogP contribution < -0.4 is 10.1 Å². The molecular weight excluding hydrogens is 334 g/mol. The fourth-order valence-corrected chi connectivity index (χ4v) is 3.11. The lowest BCUT2D eigenvalue weighted by molar-refractivity contribution is -0.118. The third-order valence-electron chi connectivity index (χ3n) is 4.39. The maximum Gasteiger partial charge on any atom is 0.262 e. The summed E-state index contributed by atoms with van der Waals surface area (Å²) in [7, 11) is 0. The number of nitrogens with one attached hydrogen (secondary N) is 1. The fraction of sp³-hybridized carbons (Fsp3) is 0.0417. The first-order chi connectivity index (χ1) is 13.3. The van der Waals surface area contributed by atoms with E-state index >= 15 is 0 Å². The molecule has 27 heavy (non-hydrogen) atoms. The molecule has 132 valence electrons. The highest BCUT2D eigenvalue weighted by atomic mass is 16.5. The monoisotopic (exact) mass is 353 g/mol. The van der Waals surface area contributed by atoms with Gasteiger partial charge in [0.05, 0.1) is 0 Å². The van der Waals surface area contributed by atoms with E-state index in [1.807, 2.05) is 97.1 Å². The third kappa shape index (κ3) is 3.82. The largest absolute Gasteiger partial charge is 0.483 e. The highest BCUT2D eigenvalue weighted by Gasteiger charge is 2.10. The molecule has 0 bridgehead atoms. The Hall–Kier alpha value is -3.59. The quantitative estimate of drug-likeness (QED) is 0.513. The Morgan fingerprint density at radius 1 is 0.741 bits per heavy atom. The number of ether oxygens (including phenoxy) is 1. The number of amides is 1. The van der Waals surface area contributed by atoms with Gasteiger partial charge in [-0.15, -0.1) is 0 Å². The van der Waals surface area contributed by atoms with Gasteiger partial charge in [-0.2, -0.15) is 0 Å². The number of hydrogen-bond acceptors (Lipinski definition) is 2. The Labute approximate surface area is 158 Å². The van der Waals surface area contributed by atoms with E-state index in [4.69, 9.17) is 4.74 Å². The van der Waals surface area contributed by atoms with E-state index in [2.05, 4.69) is 5.32 Å². The van der Waals surface area contributed by atoms with Crippen LogP contribution in [0, 0.1) is 0 Å². The molecule has 0 aliphatic heterocycles. The van der Waals surface area contributed by atoms with Gasteiger partial charge >= 0.3 is 0 Å². The van der Waals surface area contributed by atoms with E-state index in [1.54, 1.807) is 0 Å². The molecule has 0 fully saturated rings. The van der Waals surface area contributed by atoms with Crippen LogP contribution in [0.3, 0.4) is 0 Å². The first-order valence-electron chi connectivity index (χ1n) is 8.86. The van der Waals surface area contributed by atoms with Crippen molar-refractivity contribution in [2.45, 2.75) is 0 Å². The van der Waals surface area contributed by atoms with Crippen LogP contribution in [0.15, 0.2) is 97.1 Å². The number of anilines is 1. The molecule has 4 rings (SSSR count). The molecule has 4 aromatic carbocycles. The predicted molar refractivity (Wildman–Crippen MR) is 110 cm³/mol. The first kappa shape index (κ1) is 16.9. The van der Waals surface area contributed by atoms with Crippen molar-refractivity contribution in [2.75, 3.05) is 11.9 Å². The summed E-state index contributed by atoms with van der Waals surface area (Å²) in [5.41, 5.74) is 2.82. The zero-order chi connectivity index (χ0) is 18.5. The minimum atomic E-state index is -0.189. The zero-order valence-electron chi connectivity index (χ0n) is 14.8. The Morgan fingerprint density at radius 2 is 1.44 bits per heavy atom. The molecule has 0 aromatic heterocycles. The lowest BCUT2D eigenvalue weighted by Crippen LogP contribution is -2.20. The zero-order valence-corrected chi connectivity index (χ0v) is 14.8. The standard InChI is InChI=1S/C24H19NO2/c26-24(17-27-23-16-8-12-19-11-4-5-14-21(19)23)25-22-15-7-6-13-20(22)18-9-2-1-3-10-18/h1-16H,17H2,(H,25,26). The van der Waals surface area contributed by atoms with Crippen molar-refractivity contribution in [3.8, 4) is 16.9 Å².